The Morgan fingerprint density at radius 2 is 2.17 bits per heavy atom. The molecule has 0 amide bonds. The van der Waals surface area contributed by atoms with E-state index in [9.17, 15) is 4.39 Å². The molecule has 3 atom stereocenters. The predicted octanol–water partition coefficient (Wildman–Crippen LogP) is 3.18. The second-order valence-corrected chi connectivity index (χ2v) is 8.00. The number of anilines is 1. The molecule has 3 unspecified atom stereocenters. The minimum atomic E-state index is -0.737. The lowest BCUT2D eigenvalue weighted by Gasteiger charge is -2.28. The molecule has 0 aromatic carbocycles. The van der Waals surface area contributed by atoms with Crippen LogP contribution in [0.4, 0.5) is 10.2 Å². The second kappa shape index (κ2) is 8.43. The summed E-state index contributed by atoms with van der Waals surface area (Å²) in [5.41, 5.74) is 0.713. The summed E-state index contributed by atoms with van der Waals surface area (Å²) in [5.74, 6) is -0.271. The number of nitrogens with one attached hydrogen (secondary N) is 2. The molecule has 158 valence electrons. The summed E-state index contributed by atoms with van der Waals surface area (Å²) >= 11 is 0. The molecule has 0 bridgehead atoms. The second-order valence-electron chi connectivity index (χ2n) is 8.00. The first-order valence-electron chi connectivity index (χ1n) is 10.2. The van der Waals surface area contributed by atoms with Gasteiger partial charge in [0.25, 0.3) is 0 Å². The first-order valence-corrected chi connectivity index (χ1v) is 10.2. The predicted molar refractivity (Wildman–Crippen MR) is 112 cm³/mol. The van der Waals surface area contributed by atoms with E-state index in [-0.39, 0.29) is 30.0 Å². The molecule has 1 aliphatic heterocycles. The van der Waals surface area contributed by atoms with Crippen LogP contribution in [-0.2, 0) is 4.74 Å². The van der Waals surface area contributed by atoms with Gasteiger partial charge in [-0.1, -0.05) is 0 Å². The van der Waals surface area contributed by atoms with Gasteiger partial charge in [0.2, 0.25) is 0 Å². The van der Waals surface area contributed by atoms with Gasteiger partial charge in [-0.05, 0) is 38.8 Å². The molecule has 3 heterocycles. The van der Waals surface area contributed by atoms with Crippen LogP contribution in [0.15, 0.2) is 42.8 Å². The van der Waals surface area contributed by atoms with Crippen molar-refractivity contribution in [2.24, 2.45) is 5.92 Å². The van der Waals surface area contributed by atoms with E-state index in [0.29, 0.717) is 5.69 Å². The van der Waals surface area contributed by atoms with Crippen molar-refractivity contribution >= 4 is 17.2 Å². The summed E-state index contributed by atoms with van der Waals surface area (Å²) < 4.78 is 21.8. The molecule has 1 fully saturated rings. The molecule has 8 nitrogen and oxygen atoms in total. The van der Waals surface area contributed by atoms with E-state index < -0.39 is 17.8 Å². The zero-order valence-corrected chi connectivity index (χ0v) is 17.1. The third-order valence-electron chi connectivity index (χ3n) is 5.53. The molecule has 2 aliphatic rings. The molecular weight excluding hydrogens is 385 g/mol. The van der Waals surface area contributed by atoms with Crippen LogP contribution in [0.25, 0.3) is 0 Å². The van der Waals surface area contributed by atoms with E-state index >= 15 is 0 Å². The summed E-state index contributed by atoms with van der Waals surface area (Å²) in [4.78, 5) is 10.8. The Morgan fingerprint density at radius 1 is 1.33 bits per heavy atom. The van der Waals surface area contributed by atoms with E-state index in [0.717, 1.165) is 25.3 Å². The van der Waals surface area contributed by atoms with Gasteiger partial charge in [0.1, 0.15) is 24.1 Å². The van der Waals surface area contributed by atoms with Gasteiger partial charge in [0.15, 0.2) is 0 Å². The Kier molecular flexibility index (Phi) is 5.72. The van der Waals surface area contributed by atoms with Crippen molar-refractivity contribution in [3.8, 4) is 0 Å². The van der Waals surface area contributed by atoms with Gasteiger partial charge in [0, 0.05) is 43.2 Å². The Hall–Kier alpha value is -2.94. The van der Waals surface area contributed by atoms with Gasteiger partial charge < -0.3 is 20.5 Å². The normalized spacial score (nSPS) is 24.4. The van der Waals surface area contributed by atoms with Crippen molar-refractivity contribution < 1.29 is 9.13 Å². The quantitative estimate of drug-likeness (QED) is 0.711. The van der Waals surface area contributed by atoms with Crippen LogP contribution in [0.3, 0.4) is 0 Å². The lowest BCUT2D eigenvalue weighted by Crippen LogP contribution is -2.34. The summed E-state index contributed by atoms with van der Waals surface area (Å²) in [7, 11) is 0. The van der Waals surface area contributed by atoms with Crippen LogP contribution >= 0.6 is 0 Å². The molecule has 0 saturated carbocycles. The molecule has 30 heavy (non-hydrogen) atoms. The van der Waals surface area contributed by atoms with Crippen molar-refractivity contribution in [1.82, 2.24) is 19.7 Å². The van der Waals surface area contributed by atoms with Crippen LogP contribution in [0.1, 0.15) is 38.4 Å². The summed E-state index contributed by atoms with van der Waals surface area (Å²) in [6.07, 6.45) is 6.68. The van der Waals surface area contributed by atoms with Gasteiger partial charge in [0.05, 0.1) is 23.6 Å². The number of hydrogen-bond donors (Lipinski definition) is 2. The third kappa shape index (κ3) is 4.16. The highest BCUT2D eigenvalue weighted by molar-refractivity contribution is 6.16. The minimum Gasteiger partial charge on any atom is -0.368 e. The zero-order chi connectivity index (χ0) is 21.3. The molecule has 2 aromatic rings. The Labute approximate surface area is 174 Å². The zero-order valence-electron chi connectivity index (χ0n) is 17.1. The number of halogens is 1. The summed E-state index contributed by atoms with van der Waals surface area (Å²) in [6.45, 7) is 5.31. The Balaban J connectivity index is 1.50. The van der Waals surface area contributed by atoms with E-state index in [4.69, 9.17) is 15.6 Å². The topological polar surface area (TPSA) is 104 Å². The number of aromatic nitrogens is 4. The number of ether oxygens (including phenoxy) is 1. The highest BCUT2D eigenvalue weighted by Crippen LogP contribution is 2.30. The third-order valence-corrected chi connectivity index (χ3v) is 5.53. The van der Waals surface area contributed by atoms with Crippen molar-refractivity contribution in [3.63, 3.8) is 0 Å². The van der Waals surface area contributed by atoms with E-state index in [1.165, 1.54) is 12.4 Å². The van der Waals surface area contributed by atoms with Gasteiger partial charge in [-0.25, -0.2) is 14.4 Å². The standard InChI is InChI=1S/C21H26FN7O/c1-13(2)30-19-8-15(17(23)9-16(19)22)21(24)18-10-20(26-12-25-18)28-7-4-14(11-28)29-6-3-5-27-29/h3,5-6,9-10,12-15,19,23-24H,4,7-8,11H2,1-2H3. The van der Waals surface area contributed by atoms with Crippen molar-refractivity contribution in [2.45, 2.75) is 44.9 Å². The van der Waals surface area contributed by atoms with Gasteiger partial charge in [-0.2, -0.15) is 5.10 Å². The fraction of sp³-hybridized carbons (Fsp3) is 0.476. The smallest absolute Gasteiger partial charge is 0.132 e. The first-order chi connectivity index (χ1) is 14.4. The molecule has 9 heteroatoms. The largest absolute Gasteiger partial charge is 0.368 e. The van der Waals surface area contributed by atoms with Gasteiger partial charge >= 0.3 is 0 Å². The van der Waals surface area contributed by atoms with Crippen molar-refractivity contribution in [2.75, 3.05) is 18.0 Å². The van der Waals surface area contributed by atoms with E-state index in [1.54, 1.807) is 12.3 Å². The number of nitrogens with zero attached hydrogens (tertiary/aromatic N) is 5. The average molecular weight is 411 g/mol. The summed E-state index contributed by atoms with van der Waals surface area (Å²) in [5, 5.41) is 21.1. The Bertz CT molecular complexity index is 956. The number of rotatable bonds is 6. The first kappa shape index (κ1) is 20.3. The van der Waals surface area contributed by atoms with Crippen LogP contribution in [0.2, 0.25) is 0 Å². The maximum Gasteiger partial charge on any atom is 0.132 e. The van der Waals surface area contributed by atoms with Crippen LogP contribution in [0, 0.1) is 16.7 Å². The maximum absolute atomic E-state index is 14.2. The number of allylic oxidation sites excluding steroid dienone is 1. The Morgan fingerprint density at radius 3 is 2.90 bits per heavy atom. The maximum atomic E-state index is 14.2. The molecule has 1 aliphatic carbocycles. The molecule has 0 spiro atoms. The lowest BCUT2D eigenvalue weighted by atomic mass is 9.84. The fourth-order valence-corrected chi connectivity index (χ4v) is 4.03. The molecule has 2 N–H and O–H groups in total. The highest BCUT2D eigenvalue weighted by Gasteiger charge is 2.33. The molecule has 1 saturated heterocycles. The van der Waals surface area contributed by atoms with E-state index in [1.807, 2.05) is 30.8 Å². The lowest BCUT2D eigenvalue weighted by molar-refractivity contribution is 0.00961. The van der Waals surface area contributed by atoms with Crippen LogP contribution in [-0.4, -0.2) is 56.5 Å². The molecule has 0 radical (unpaired) electrons. The van der Waals surface area contributed by atoms with Gasteiger partial charge in [-0.3, -0.25) is 4.68 Å². The highest BCUT2D eigenvalue weighted by atomic mass is 19.1. The van der Waals surface area contributed by atoms with Crippen LogP contribution < -0.4 is 4.90 Å². The van der Waals surface area contributed by atoms with E-state index in [2.05, 4.69) is 20.0 Å². The monoisotopic (exact) mass is 411 g/mol. The fourth-order valence-electron chi connectivity index (χ4n) is 4.03. The SMILES string of the molecule is CC(C)OC1CC(C(=N)c2cc(N3CCC(n4cccn4)C3)ncn2)C(=N)C=C1F. The summed E-state index contributed by atoms with van der Waals surface area (Å²) in [6, 6.07) is 3.99. The van der Waals surface area contributed by atoms with Crippen molar-refractivity contribution in [1.29, 1.82) is 10.8 Å². The van der Waals surface area contributed by atoms with Crippen molar-refractivity contribution in [3.05, 3.63) is 48.5 Å². The minimum absolute atomic E-state index is 0.0705. The molecule has 2 aromatic heterocycles. The number of hydrogen-bond acceptors (Lipinski definition) is 7. The molecular formula is C21H26FN7O. The average Bonchev–Trinajstić information content (AvgIpc) is 3.41. The molecule has 4 rings (SSSR count). The van der Waals surface area contributed by atoms with Crippen LogP contribution in [0.5, 0.6) is 0 Å². The van der Waals surface area contributed by atoms with Gasteiger partial charge in [-0.15, -0.1) is 0 Å².